The molecule has 0 atom stereocenters. The number of terminal acetylenes is 1. The van der Waals surface area contributed by atoms with Crippen LogP contribution >= 0.6 is 11.3 Å². The second-order valence-electron chi connectivity index (χ2n) is 3.29. The molecule has 5 heteroatoms. The first kappa shape index (κ1) is 11.4. The summed E-state index contributed by atoms with van der Waals surface area (Å²) in [6.07, 6.45) is 5.07. The molecule has 0 aliphatic carbocycles. The highest BCUT2D eigenvalue weighted by Crippen LogP contribution is 2.25. The van der Waals surface area contributed by atoms with E-state index >= 15 is 0 Å². The number of hydrogen-bond acceptors (Lipinski definition) is 4. The van der Waals surface area contributed by atoms with Crippen LogP contribution in [-0.4, -0.2) is 17.4 Å². The van der Waals surface area contributed by atoms with Gasteiger partial charge in [0.1, 0.15) is 5.76 Å². The SMILES string of the molecule is C#CCNC(=O)c1nc(-c2cccs2)oc1C. The lowest BCUT2D eigenvalue weighted by Crippen LogP contribution is -2.24. The Balaban J connectivity index is 2.26. The molecule has 0 aliphatic heterocycles. The highest BCUT2D eigenvalue weighted by atomic mass is 32.1. The van der Waals surface area contributed by atoms with Crippen molar-refractivity contribution in [3.63, 3.8) is 0 Å². The van der Waals surface area contributed by atoms with E-state index in [4.69, 9.17) is 10.8 Å². The summed E-state index contributed by atoms with van der Waals surface area (Å²) >= 11 is 1.51. The molecule has 0 spiro atoms. The lowest BCUT2D eigenvalue weighted by molar-refractivity contribution is 0.0953. The fraction of sp³-hybridized carbons (Fsp3) is 0.167. The minimum atomic E-state index is -0.313. The summed E-state index contributed by atoms with van der Waals surface area (Å²) < 4.78 is 5.45. The van der Waals surface area contributed by atoms with Gasteiger partial charge in [0, 0.05) is 0 Å². The third-order valence-electron chi connectivity index (χ3n) is 2.09. The number of rotatable bonds is 3. The molecule has 86 valence electrons. The first-order valence-electron chi connectivity index (χ1n) is 4.95. The molecule has 0 aromatic carbocycles. The van der Waals surface area contributed by atoms with Gasteiger partial charge in [0.25, 0.3) is 5.91 Å². The molecule has 0 fully saturated rings. The van der Waals surface area contributed by atoms with Gasteiger partial charge < -0.3 is 9.73 Å². The van der Waals surface area contributed by atoms with Gasteiger partial charge in [0.15, 0.2) is 5.69 Å². The van der Waals surface area contributed by atoms with E-state index < -0.39 is 0 Å². The first-order chi connectivity index (χ1) is 8.22. The van der Waals surface area contributed by atoms with E-state index in [0.29, 0.717) is 11.7 Å². The molecule has 2 aromatic rings. The fourth-order valence-electron chi connectivity index (χ4n) is 1.33. The number of carbonyl (C=O) groups excluding carboxylic acids is 1. The van der Waals surface area contributed by atoms with Crippen molar-refractivity contribution in [1.82, 2.24) is 10.3 Å². The van der Waals surface area contributed by atoms with Crippen LogP contribution in [0.1, 0.15) is 16.2 Å². The maximum atomic E-state index is 11.7. The first-order valence-corrected chi connectivity index (χ1v) is 5.83. The number of aryl methyl sites for hydroxylation is 1. The van der Waals surface area contributed by atoms with Crippen molar-refractivity contribution in [1.29, 1.82) is 0 Å². The van der Waals surface area contributed by atoms with Gasteiger partial charge in [0.05, 0.1) is 11.4 Å². The molecule has 0 bridgehead atoms. The summed E-state index contributed by atoms with van der Waals surface area (Å²) in [5.74, 6) is 2.97. The Kier molecular flexibility index (Phi) is 3.26. The summed E-state index contributed by atoms with van der Waals surface area (Å²) in [5.41, 5.74) is 0.281. The van der Waals surface area contributed by atoms with Gasteiger partial charge >= 0.3 is 0 Å². The van der Waals surface area contributed by atoms with Crippen LogP contribution in [0.5, 0.6) is 0 Å². The summed E-state index contributed by atoms with van der Waals surface area (Å²) in [4.78, 5) is 16.7. The smallest absolute Gasteiger partial charge is 0.274 e. The molecule has 0 saturated heterocycles. The van der Waals surface area contributed by atoms with Crippen molar-refractivity contribution >= 4 is 17.2 Å². The standard InChI is InChI=1S/C12H10N2O2S/c1-3-6-13-11(15)10-8(2)16-12(14-10)9-5-4-7-17-9/h1,4-5,7H,6H2,2H3,(H,13,15). The van der Waals surface area contributed by atoms with Crippen LogP contribution in [0, 0.1) is 19.3 Å². The Morgan fingerprint density at radius 1 is 1.71 bits per heavy atom. The van der Waals surface area contributed by atoms with Crippen LogP contribution < -0.4 is 5.32 Å². The lowest BCUT2D eigenvalue weighted by Gasteiger charge is -1.96. The van der Waals surface area contributed by atoms with E-state index in [1.807, 2.05) is 17.5 Å². The van der Waals surface area contributed by atoms with Crippen LogP contribution in [0.4, 0.5) is 0 Å². The van der Waals surface area contributed by atoms with Gasteiger partial charge in [0.2, 0.25) is 5.89 Å². The molecule has 1 amide bonds. The van der Waals surface area contributed by atoms with E-state index in [2.05, 4.69) is 16.2 Å². The number of aromatic nitrogens is 1. The Labute approximate surface area is 103 Å². The van der Waals surface area contributed by atoms with Crippen molar-refractivity contribution < 1.29 is 9.21 Å². The van der Waals surface area contributed by atoms with Gasteiger partial charge in [-0.15, -0.1) is 17.8 Å². The van der Waals surface area contributed by atoms with Crippen molar-refractivity contribution in [2.45, 2.75) is 6.92 Å². The molecule has 0 unspecified atom stereocenters. The number of nitrogens with one attached hydrogen (secondary N) is 1. The maximum Gasteiger partial charge on any atom is 0.274 e. The van der Waals surface area contributed by atoms with Crippen molar-refractivity contribution in [3.05, 3.63) is 29.0 Å². The summed E-state index contributed by atoms with van der Waals surface area (Å²) in [5, 5.41) is 4.48. The highest BCUT2D eigenvalue weighted by molar-refractivity contribution is 7.13. The molecule has 2 rings (SSSR count). The van der Waals surface area contributed by atoms with Gasteiger partial charge in [-0.25, -0.2) is 4.98 Å². The van der Waals surface area contributed by atoms with Gasteiger partial charge in [-0.05, 0) is 18.4 Å². The minimum absolute atomic E-state index is 0.180. The number of oxazole rings is 1. The second kappa shape index (κ2) is 4.85. The third kappa shape index (κ3) is 2.37. The largest absolute Gasteiger partial charge is 0.440 e. The normalized spacial score (nSPS) is 9.88. The van der Waals surface area contributed by atoms with Crippen LogP contribution in [0.3, 0.4) is 0 Å². The summed E-state index contributed by atoms with van der Waals surface area (Å²) in [6, 6.07) is 3.79. The van der Waals surface area contributed by atoms with Gasteiger partial charge in [-0.2, -0.15) is 0 Å². The van der Waals surface area contributed by atoms with Gasteiger partial charge in [-0.3, -0.25) is 4.79 Å². The predicted octanol–water partition coefficient (Wildman–Crippen LogP) is 2.07. The average molecular weight is 246 g/mol. The Bertz CT molecular complexity index is 564. The highest BCUT2D eigenvalue weighted by Gasteiger charge is 2.17. The zero-order chi connectivity index (χ0) is 12.3. The number of carbonyl (C=O) groups is 1. The third-order valence-corrected chi connectivity index (χ3v) is 2.95. The quantitative estimate of drug-likeness (QED) is 0.843. The number of thiophene rings is 1. The fourth-order valence-corrected chi connectivity index (χ4v) is 1.98. The average Bonchev–Trinajstić information content (AvgIpc) is 2.94. The zero-order valence-electron chi connectivity index (χ0n) is 9.19. The van der Waals surface area contributed by atoms with E-state index in [1.165, 1.54) is 11.3 Å². The Hall–Kier alpha value is -2.06. The zero-order valence-corrected chi connectivity index (χ0v) is 10.0. The van der Waals surface area contributed by atoms with Crippen LogP contribution in [-0.2, 0) is 0 Å². The van der Waals surface area contributed by atoms with Gasteiger partial charge in [-0.1, -0.05) is 12.0 Å². The molecule has 2 aromatic heterocycles. The van der Waals surface area contributed by atoms with Crippen LogP contribution in [0.25, 0.3) is 10.8 Å². The Morgan fingerprint density at radius 2 is 2.53 bits per heavy atom. The molecule has 0 saturated carbocycles. The number of amides is 1. The molecular weight excluding hydrogens is 236 g/mol. The molecule has 4 nitrogen and oxygen atoms in total. The maximum absolute atomic E-state index is 11.7. The molecule has 0 radical (unpaired) electrons. The topological polar surface area (TPSA) is 55.1 Å². The molecule has 2 heterocycles. The van der Waals surface area contributed by atoms with Crippen molar-refractivity contribution in [2.24, 2.45) is 0 Å². The van der Waals surface area contributed by atoms with E-state index in [9.17, 15) is 4.79 Å². The number of hydrogen-bond donors (Lipinski definition) is 1. The van der Waals surface area contributed by atoms with Crippen molar-refractivity contribution in [3.8, 4) is 23.1 Å². The summed E-state index contributed by atoms with van der Waals surface area (Å²) in [6.45, 7) is 1.88. The summed E-state index contributed by atoms with van der Waals surface area (Å²) in [7, 11) is 0. The molecule has 1 N–H and O–H groups in total. The van der Waals surface area contributed by atoms with Crippen molar-refractivity contribution in [2.75, 3.05) is 6.54 Å². The van der Waals surface area contributed by atoms with E-state index in [0.717, 1.165) is 4.88 Å². The lowest BCUT2D eigenvalue weighted by atomic mass is 10.3. The Morgan fingerprint density at radius 3 is 3.18 bits per heavy atom. The minimum Gasteiger partial charge on any atom is -0.440 e. The van der Waals surface area contributed by atoms with Crippen LogP contribution in [0.15, 0.2) is 21.9 Å². The monoisotopic (exact) mass is 246 g/mol. The van der Waals surface area contributed by atoms with E-state index in [-0.39, 0.29) is 18.1 Å². The second-order valence-corrected chi connectivity index (χ2v) is 4.24. The molecular formula is C12H10N2O2S. The van der Waals surface area contributed by atoms with Crippen LogP contribution in [0.2, 0.25) is 0 Å². The predicted molar refractivity (Wildman–Crippen MR) is 65.7 cm³/mol. The molecule has 0 aliphatic rings. The number of nitrogens with zero attached hydrogens (tertiary/aromatic N) is 1. The molecule has 17 heavy (non-hydrogen) atoms. The van der Waals surface area contributed by atoms with E-state index in [1.54, 1.807) is 6.92 Å².